The Labute approximate surface area is 348 Å². The molecule has 5 aliphatic carbocycles. The number of allylic oxidation sites excluding steroid dienone is 1. The van der Waals surface area contributed by atoms with E-state index < -0.39 is 104 Å². The van der Waals surface area contributed by atoms with Crippen molar-refractivity contribution in [3.8, 4) is 0 Å². The second kappa shape index (κ2) is 16.4. The van der Waals surface area contributed by atoms with Gasteiger partial charge in [-0.15, -0.1) is 0 Å². The van der Waals surface area contributed by atoms with Gasteiger partial charge in [0.1, 0.15) is 42.7 Å². The van der Waals surface area contributed by atoms with E-state index in [4.69, 9.17) is 23.7 Å². The van der Waals surface area contributed by atoms with E-state index in [1.54, 1.807) is 0 Å². The lowest BCUT2D eigenvalue weighted by Crippen LogP contribution is -2.64. The van der Waals surface area contributed by atoms with Gasteiger partial charge in [0.15, 0.2) is 18.7 Å². The third-order valence-electron chi connectivity index (χ3n) is 17.5. The van der Waals surface area contributed by atoms with Gasteiger partial charge in [-0.25, -0.2) is 0 Å². The minimum atomic E-state index is -1.51. The fraction of sp³-hybridized carbons (Fsp3) is 0.932. The standard InChI is InChI=1S/C44H72O15/c1-21(19-55-38-35(54)33(52)31(50)26(17-45)57-38)9-8-10-22(2)30-25(49)16-42(7)28-15-24(48)37-40(4,5)29(11-12-44(37)20-43(28,44)14-13-41(30,42)6)59-39-36(56-23(3)47)34(53)32(51)27(18-46)58-39/h9,22,24-39,45-46,48-54H,8,10-20H2,1-7H3/b21-9+/t22-,24-,25-,26-,27-,28-,29-,30-,31-,32-,33+,34+,35-,36-,37+,38-,39+,41-,42-,43-,44+/m0/s1. The molecule has 5 saturated carbocycles. The zero-order valence-electron chi connectivity index (χ0n) is 35.9. The summed E-state index contributed by atoms with van der Waals surface area (Å²) in [5.74, 6) is -0.221. The lowest BCUT2D eigenvalue weighted by atomic mass is 9.41. The Morgan fingerprint density at radius 3 is 2.08 bits per heavy atom. The highest BCUT2D eigenvalue weighted by Crippen LogP contribution is 2.89. The van der Waals surface area contributed by atoms with Crippen molar-refractivity contribution in [1.82, 2.24) is 0 Å². The van der Waals surface area contributed by atoms with E-state index in [2.05, 4.69) is 40.7 Å². The summed E-state index contributed by atoms with van der Waals surface area (Å²) in [4.78, 5) is 12.0. The van der Waals surface area contributed by atoms with Gasteiger partial charge in [0.25, 0.3) is 0 Å². The van der Waals surface area contributed by atoms with E-state index in [-0.39, 0.29) is 51.9 Å². The first kappa shape index (κ1) is 45.7. The number of aliphatic hydroxyl groups is 9. The Balaban J connectivity index is 1.02. The molecule has 338 valence electrons. The fourth-order valence-corrected chi connectivity index (χ4v) is 14.6. The zero-order valence-corrected chi connectivity index (χ0v) is 35.9. The van der Waals surface area contributed by atoms with Crippen molar-refractivity contribution < 1.29 is 74.4 Å². The molecule has 15 heteroatoms. The van der Waals surface area contributed by atoms with Gasteiger partial charge in [-0.05, 0) is 115 Å². The maximum absolute atomic E-state index is 12.3. The molecule has 59 heavy (non-hydrogen) atoms. The van der Waals surface area contributed by atoms with Gasteiger partial charge in [-0.1, -0.05) is 46.3 Å². The Hall–Kier alpha value is -1.31. The topological polar surface area (TPSA) is 245 Å². The predicted molar refractivity (Wildman–Crippen MR) is 210 cm³/mol. The molecule has 0 aromatic heterocycles. The van der Waals surface area contributed by atoms with Crippen molar-refractivity contribution in [3.05, 3.63) is 11.6 Å². The van der Waals surface area contributed by atoms with Gasteiger partial charge in [0.05, 0.1) is 38.1 Å². The molecule has 2 spiro atoms. The summed E-state index contributed by atoms with van der Waals surface area (Å²) in [5.41, 5.74) is -0.0147. The van der Waals surface area contributed by atoms with E-state index in [1.807, 2.05) is 6.92 Å². The highest BCUT2D eigenvalue weighted by molar-refractivity contribution is 5.66. The Morgan fingerprint density at radius 2 is 1.44 bits per heavy atom. The quantitative estimate of drug-likeness (QED) is 0.0764. The van der Waals surface area contributed by atoms with E-state index >= 15 is 0 Å². The van der Waals surface area contributed by atoms with Crippen molar-refractivity contribution in [3.63, 3.8) is 0 Å². The molecule has 7 rings (SSSR count). The summed E-state index contributed by atoms with van der Waals surface area (Å²) in [6.07, 6.45) is -5.19. The number of aliphatic hydroxyl groups excluding tert-OH is 9. The first-order valence-electron chi connectivity index (χ1n) is 22.0. The Kier molecular flexibility index (Phi) is 12.7. The molecule has 2 aliphatic heterocycles. The average molecular weight is 841 g/mol. The van der Waals surface area contributed by atoms with Crippen LogP contribution in [0.1, 0.15) is 106 Å². The third kappa shape index (κ3) is 7.18. The molecule has 9 N–H and O–H groups in total. The summed E-state index contributed by atoms with van der Waals surface area (Å²) >= 11 is 0. The van der Waals surface area contributed by atoms with E-state index in [1.165, 1.54) is 6.92 Å². The highest BCUT2D eigenvalue weighted by atomic mass is 16.7. The minimum Gasteiger partial charge on any atom is -0.454 e. The molecule has 0 amide bonds. The number of carbonyl (C=O) groups excluding carboxylic acids is 1. The van der Waals surface area contributed by atoms with Crippen LogP contribution in [0.3, 0.4) is 0 Å². The number of fused-ring (bicyclic) bond motifs is 2. The van der Waals surface area contributed by atoms with Crippen molar-refractivity contribution in [1.29, 1.82) is 0 Å². The van der Waals surface area contributed by atoms with Crippen LogP contribution in [0.15, 0.2) is 11.6 Å². The molecule has 0 unspecified atom stereocenters. The van der Waals surface area contributed by atoms with Gasteiger partial charge in [-0.3, -0.25) is 4.79 Å². The first-order valence-corrected chi connectivity index (χ1v) is 22.0. The molecule has 15 nitrogen and oxygen atoms in total. The molecule has 7 fully saturated rings. The summed E-state index contributed by atoms with van der Waals surface area (Å²) < 4.78 is 29.1. The predicted octanol–water partition coefficient (Wildman–Crippen LogP) is 1.30. The second-order valence-corrected chi connectivity index (χ2v) is 20.8. The Morgan fingerprint density at radius 1 is 0.797 bits per heavy atom. The second-order valence-electron chi connectivity index (χ2n) is 20.8. The SMILES string of the molecule is CC(=O)O[C@@H]1[C@@H](O[C@H]2CC[C@]34C[C@]35CC[C@@]3(C)[C@@H]([C@@H](C)CC/C=C(\C)CO[C@H]6O[C@@H](CO)[C@H](O)[C@@H](O)[C@@H]6O)[C@@H](O)C[C@@]3(C)[C@@H]5C[C@H](O)[C@@H]4C2(C)C)O[C@@H](CO)[C@H](O)[C@H]1O. The zero-order chi connectivity index (χ0) is 43.2. The lowest BCUT2D eigenvalue weighted by molar-refractivity contribution is -0.330. The summed E-state index contributed by atoms with van der Waals surface area (Å²) in [6, 6.07) is 0. The maximum atomic E-state index is 12.3. The molecule has 2 saturated heterocycles. The van der Waals surface area contributed by atoms with Crippen LogP contribution in [0.25, 0.3) is 0 Å². The monoisotopic (exact) mass is 840 g/mol. The van der Waals surface area contributed by atoms with Crippen LogP contribution in [0.5, 0.6) is 0 Å². The molecule has 7 aliphatic rings. The molecule has 0 radical (unpaired) electrons. The number of rotatable bonds is 12. The van der Waals surface area contributed by atoms with E-state index in [0.29, 0.717) is 19.3 Å². The van der Waals surface area contributed by atoms with Crippen molar-refractivity contribution in [2.45, 2.75) is 186 Å². The van der Waals surface area contributed by atoms with Crippen LogP contribution < -0.4 is 0 Å². The van der Waals surface area contributed by atoms with Gasteiger partial charge in [-0.2, -0.15) is 0 Å². The van der Waals surface area contributed by atoms with Crippen LogP contribution in [-0.4, -0.2) is 151 Å². The molecule has 21 atom stereocenters. The number of carbonyl (C=O) groups is 1. The summed E-state index contributed by atoms with van der Waals surface area (Å²) in [6.45, 7) is 13.4. The molecular weight excluding hydrogens is 768 g/mol. The van der Waals surface area contributed by atoms with Crippen LogP contribution in [0.2, 0.25) is 0 Å². The maximum Gasteiger partial charge on any atom is 0.303 e. The molecule has 2 heterocycles. The normalized spacial score (nSPS) is 52.1. The fourth-order valence-electron chi connectivity index (χ4n) is 14.6. The largest absolute Gasteiger partial charge is 0.454 e. The van der Waals surface area contributed by atoms with E-state index in [0.717, 1.165) is 44.1 Å². The number of esters is 1. The molecule has 0 aromatic rings. The van der Waals surface area contributed by atoms with Crippen molar-refractivity contribution >= 4 is 5.97 Å². The molecule has 0 aromatic carbocycles. The van der Waals surface area contributed by atoms with Gasteiger partial charge in [0.2, 0.25) is 0 Å². The van der Waals surface area contributed by atoms with Crippen LogP contribution in [0, 0.1) is 50.7 Å². The smallest absolute Gasteiger partial charge is 0.303 e. The molecule has 0 bridgehead atoms. The Bertz CT molecular complexity index is 1560. The number of hydrogen-bond donors (Lipinski definition) is 9. The van der Waals surface area contributed by atoms with Gasteiger partial charge in [0, 0.05) is 6.92 Å². The first-order chi connectivity index (χ1) is 27.6. The van der Waals surface area contributed by atoms with Crippen molar-refractivity contribution in [2.24, 2.45) is 50.7 Å². The van der Waals surface area contributed by atoms with E-state index in [9.17, 15) is 50.8 Å². The number of ether oxygens (including phenoxy) is 5. The average Bonchev–Trinajstić information content (AvgIpc) is 3.76. The minimum absolute atomic E-state index is 0.0376. The van der Waals surface area contributed by atoms with Gasteiger partial charge >= 0.3 is 5.97 Å². The lowest BCUT2D eigenvalue weighted by Gasteiger charge is -2.64. The molecular formula is C44H72O15. The van der Waals surface area contributed by atoms with Crippen LogP contribution in [0.4, 0.5) is 0 Å². The van der Waals surface area contributed by atoms with Gasteiger partial charge < -0.3 is 69.6 Å². The van der Waals surface area contributed by atoms with Crippen LogP contribution in [-0.2, 0) is 28.5 Å². The summed E-state index contributed by atoms with van der Waals surface area (Å²) in [7, 11) is 0. The highest BCUT2D eigenvalue weighted by Gasteiger charge is 2.84. The third-order valence-corrected chi connectivity index (χ3v) is 17.5. The summed E-state index contributed by atoms with van der Waals surface area (Å²) in [5, 5.41) is 95.6. The van der Waals surface area contributed by atoms with Crippen molar-refractivity contribution in [2.75, 3.05) is 19.8 Å². The number of hydrogen-bond acceptors (Lipinski definition) is 15. The van der Waals surface area contributed by atoms with Crippen LogP contribution >= 0.6 is 0 Å².